The molecule has 24 heavy (non-hydrogen) atoms. The van der Waals surface area contributed by atoms with Crippen LogP contribution < -0.4 is 10.2 Å². The van der Waals surface area contributed by atoms with Gasteiger partial charge in [0.25, 0.3) is 11.6 Å². The molecule has 2 rings (SSSR count). The van der Waals surface area contributed by atoms with E-state index in [9.17, 15) is 14.9 Å². The average molecular weight is 349 g/mol. The first-order valence-electron chi connectivity index (χ1n) is 7.49. The van der Waals surface area contributed by atoms with Gasteiger partial charge in [0.05, 0.1) is 12.0 Å². The van der Waals surface area contributed by atoms with Crippen LogP contribution in [0.2, 0.25) is 5.02 Å². The lowest BCUT2D eigenvalue weighted by atomic mass is 10.2. The molecule has 0 spiro atoms. The van der Waals surface area contributed by atoms with E-state index in [2.05, 4.69) is 5.32 Å². The second kappa shape index (κ2) is 7.90. The Labute approximate surface area is 145 Å². The maximum atomic E-state index is 12.4. The number of nitrogens with one attached hydrogen (secondary N) is 2. The number of nitro groups is 1. The van der Waals surface area contributed by atoms with Crippen molar-refractivity contribution in [2.45, 2.75) is 19.5 Å². The number of hydrogen-bond acceptors (Lipinski definition) is 3. The molecule has 0 saturated heterocycles. The number of carbonyl (C=O) groups is 1. The van der Waals surface area contributed by atoms with Gasteiger partial charge in [0.1, 0.15) is 12.2 Å². The largest absolute Gasteiger partial charge is 0.324 e. The van der Waals surface area contributed by atoms with E-state index in [1.807, 2.05) is 25.2 Å². The van der Waals surface area contributed by atoms with Crippen LogP contribution in [0.4, 0.5) is 11.4 Å². The van der Waals surface area contributed by atoms with Crippen molar-refractivity contribution in [1.82, 2.24) is 0 Å². The third-order valence-corrected chi connectivity index (χ3v) is 4.10. The standard InChI is InChI=1S/C17H18ClN3O3/c1-12(20(2)11-13-6-5-7-14(18)10-13)17(22)19-15-8-3-4-9-16(15)21(23)24/h3-10,12H,11H2,1-2H3,(H,19,22)/p+1/t12-/m0/s1. The van der Waals surface area contributed by atoms with Gasteiger partial charge in [0, 0.05) is 16.7 Å². The minimum Gasteiger partial charge on any atom is -0.324 e. The number of para-hydroxylation sites is 2. The first-order valence-corrected chi connectivity index (χ1v) is 7.87. The SMILES string of the molecule is C[C@@H](C(=O)Nc1ccccc1[N+](=O)[O-])[NH+](C)Cc1cccc(Cl)c1. The number of benzene rings is 2. The van der Waals surface area contributed by atoms with Crippen molar-refractivity contribution in [3.63, 3.8) is 0 Å². The molecular weight excluding hydrogens is 330 g/mol. The summed E-state index contributed by atoms with van der Waals surface area (Å²) >= 11 is 5.97. The Balaban J connectivity index is 2.05. The summed E-state index contributed by atoms with van der Waals surface area (Å²) in [4.78, 5) is 23.9. The summed E-state index contributed by atoms with van der Waals surface area (Å²) in [6, 6.07) is 13.2. The van der Waals surface area contributed by atoms with Crippen molar-refractivity contribution >= 4 is 28.9 Å². The van der Waals surface area contributed by atoms with Gasteiger partial charge in [-0.2, -0.15) is 0 Å². The summed E-state index contributed by atoms with van der Waals surface area (Å²) in [6.07, 6.45) is 0. The molecule has 0 aliphatic carbocycles. The van der Waals surface area contributed by atoms with E-state index in [0.29, 0.717) is 11.6 Å². The highest BCUT2D eigenvalue weighted by Gasteiger charge is 2.24. The van der Waals surface area contributed by atoms with Crippen molar-refractivity contribution in [2.24, 2.45) is 0 Å². The first-order chi connectivity index (χ1) is 11.4. The lowest BCUT2D eigenvalue weighted by Gasteiger charge is -2.21. The van der Waals surface area contributed by atoms with Crippen LogP contribution in [0, 0.1) is 10.1 Å². The molecule has 2 atom stereocenters. The summed E-state index contributed by atoms with van der Waals surface area (Å²) in [6.45, 7) is 2.40. The molecule has 0 saturated carbocycles. The molecule has 6 nitrogen and oxygen atoms in total. The number of quaternary nitrogens is 1. The highest BCUT2D eigenvalue weighted by molar-refractivity contribution is 6.30. The third kappa shape index (κ3) is 4.53. The lowest BCUT2D eigenvalue weighted by molar-refractivity contribution is -0.907. The van der Waals surface area contributed by atoms with Gasteiger partial charge in [0.2, 0.25) is 0 Å². The van der Waals surface area contributed by atoms with Crippen LogP contribution >= 0.6 is 11.6 Å². The van der Waals surface area contributed by atoms with E-state index < -0.39 is 4.92 Å². The van der Waals surface area contributed by atoms with E-state index in [0.717, 1.165) is 10.5 Å². The quantitative estimate of drug-likeness (QED) is 0.621. The Morgan fingerprint density at radius 1 is 1.29 bits per heavy atom. The summed E-state index contributed by atoms with van der Waals surface area (Å²) in [7, 11) is 1.89. The topological polar surface area (TPSA) is 76.7 Å². The smallest absolute Gasteiger partial charge is 0.292 e. The van der Waals surface area contributed by atoms with Gasteiger partial charge in [-0.3, -0.25) is 14.9 Å². The van der Waals surface area contributed by atoms with E-state index in [1.165, 1.54) is 12.1 Å². The van der Waals surface area contributed by atoms with Crippen LogP contribution in [-0.2, 0) is 11.3 Å². The van der Waals surface area contributed by atoms with Gasteiger partial charge in [-0.1, -0.05) is 35.9 Å². The van der Waals surface area contributed by atoms with Gasteiger partial charge in [-0.05, 0) is 25.1 Å². The highest BCUT2D eigenvalue weighted by Crippen LogP contribution is 2.23. The Morgan fingerprint density at radius 2 is 2.00 bits per heavy atom. The highest BCUT2D eigenvalue weighted by atomic mass is 35.5. The number of likely N-dealkylation sites (N-methyl/N-ethyl adjacent to an activating group) is 1. The van der Waals surface area contributed by atoms with Crippen LogP contribution in [0.15, 0.2) is 48.5 Å². The molecular formula is C17H19ClN3O3+. The van der Waals surface area contributed by atoms with Crippen molar-refractivity contribution in [3.8, 4) is 0 Å². The minimum absolute atomic E-state index is 0.120. The molecule has 0 aliphatic rings. The zero-order valence-corrected chi connectivity index (χ0v) is 14.2. The fourth-order valence-corrected chi connectivity index (χ4v) is 2.54. The molecule has 2 aromatic carbocycles. The average Bonchev–Trinajstić information content (AvgIpc) is 2.54. The Hall–Kier alpha value is -2.44. The summed E-state index contributed by atoms with van der Waals surface area (Å²) < 4.78 is 0. The summed E-state index contributed by atoms with van der Waals surface area (Å²) in [5.74, 6) is -0.274. The van der Waals surface area contributed by atoms with Crippen LogP contribution in [0.25, 0.3) is 0 Å². The van der Waals surface area contributed by atoms with Gasteiger partial charge in [-0.25, -0.2) is 0 Å². The number of nitrogens with zero attached hydrogens (tertiary/aromatic N) is 1. The van der Waals surface area contributed by atoms with Crippen molar-refractivity contribution in [3.05, 3.63) is 69.2 Å². The molecule has 0 aromatic heterocycles. The molecule has 0 aliphatic heterocycles. The molecule has 1 unspecified atom stereocenters. The number of anilines is 1. The Morgan fingerprint density at radius 3 is 2.67 bits per heavy atom. The van der Waals surface area contributed by atoms with Crippen molar-refractivity contribution in [2.75, 3.05) is 12.4 Å². The predicted molar refractivity (Wildman–Crippen MR) is 93.2 cm³/mol. The zero-order valence-electron chi connectivity index (χ0n) is 13.5. The fraction of sp³-hybridized carbons (Fsp3) is 0.235. The number of nitro benzene ring substituents is 1. The molecule has 2 aromatic rings. The molecule has 1 amide bonds. The van der Waals surface area contributed by atoms with E-state index in [-0.39, 0.29) is 23.3 Å². The first kappa shape index (κ1) is 17.9. The number of carbonyl (C=O) groups excluding carboxylic acids is 1. The van der Waals surface area contributed by atoms with E-state index in [4.69, 9.17) is 11.6 Å². The van der Waals surface area contributed by atoms with Gasteiger partial charge in [-0.15, -0.1) is 0 Å². The van der Waals surface area contributed by atoms with Crippen LogP contribution in [0.5, 0.6) is 0 Å². The van der Waals surface area contributed by atoms with Crippen molar-refractivity contribution in [1.29, 1.82) is 0 Å². The Bertz CT molecular complexity index is 751. The zero-order chi connectivity index (χ0) is 17.7. The van der Waals surface area contributed by atoms with Crippen LogP contribution in [0.3, 0.4) is 0 Å². The van der Waals surface area contributed by atoms with E-state index >= 15 is 0 Å². The van der Waals surface area contributed by atoms with Crippen molar-refractivity contribution < 1.29 is 14.6 Å². The van der Waals surface area contributed by atoms with Gasteiger partial charge < -0.3 is 10.2 Å². The number of amides is 1. The molecule has 126 valence electrons. The second-order valence-electron chi connectivity index (χ2n) is 5.64. The molecule has 0 radical (unpaired) electrons. The third-order valence-electron chi connectivity index (χ3n) is 3.86. The maximum Gasteiger partial charge on any atom is 0.292 e. The molecule has 2 N–H and O–H groups in total. The molecule has 0 heterocycles. The Kier molecular flexibility index (Phi) is 5.89. The molecule has 7 heteroatoms. The molecule has 0 bridgehead atoms. The van der Waals surface area contributed by atoms with E-state index in [1.54, 1.807) is 25.1 Å². The fourth-order valence-electron chi connectivity index (χ4n) is 2.33. The lowest BCUT2D eigenvalue weighted by Crippen LogP contribution is -3.12. The van der Waals surface area contributed by atoms with Crippen LogP contribution in [-0.4, -0.2) is 23.9 Å². The number of hydrogen-bond donors (Lipinski definition) is 2. The normalized spacial score (nSPS) is 13.1. The molecule has 0 fully saturated rings. The number of rotatable bonds is 6. The summed E-state index contributed by atoms with van der Waals surface area (Å²) in [5, 5.41) is 14.3. The second-order valence-corrected chi connectivity index (χ2v) is 6.07. The summed E-state index contributed by atoms with van der Waals surface area (Å²) in [5.41, 5.74) is 1.10. The predicted octanol–water partition coefficient (Wildman–Crippen LogP) is 2.29. The van der Waals surface area contributed by atoms with Gasteiger partial charge >= 0.3 is 0 Å². The maximum absolute atomic E-state index is 12.4. The number of halogens is 1. The monoisotopic (exact) mass is 348 g/mol. The van der Waals surface area contributed by atoms with Gasteiger partial charge in [0.15, 0.2) is 6.04 Å². The minimum atomic E-state index is -0.511. The van der Waals surface area contributed by atoms with Crippen LogP contribution in [0.1, 0.15) is 12.5 Å².